The first kappa shape index (κ1) is 19.9. The van der Waals surface area contributed by atoms with Crippen molar-refractivity contribution in [1.82, 2.24) is 15.1 Å². The van der Waals surface area contributed by atoms with Gasteiger partial charge in [-0.05, 0) is 81.3 Å². The lowest BCUT2D eigenvalue weighted by Gasteiger charge is -2.57. The van der Waals surface area contributed by atoms with Crippen LogP contribution in [0.25, 0.3) is 0 Å². The molecule has 1 unspecified atom stereocenters. The number of piperazine rings is 1. The number of amides is 3. The van der Waals surface area contributed by atoms with E-state index in [9.17, 15) is 9.59 Å². The third-order valence-corrected chi connectivity index (χ3v) is 8.34. The summed E-state index contributed by atoms with van der Waals surface area (Å²) >= 11 is 0. The molecule has 5 heteroatoms. The number of hydrogen-bond acceptors (Lipinski definition) is 2. The van der Waals surface area contributed by atoms with E-state index in [-0.39, 0.29) is 17.5 Å². The number of nitrogens with zero attached hydrogens (tertiary/aromatic N) is 2. The Morgan fingerprint density at radius 2 is 1.47 bits per heavy atom. The normalized spacial score (nSPS) is 33.5. The summed E-state index contributed by atoms with van der Waals surface area (Å²) in [6.45, 7) is 6.72. The lowest BCUT2D eigenvalue weighted by atomic mass is 9.49. The van der Waals surface area contributed by atoms with E-state index in [1.54, 1.807) is 0 Å². The number of carbonyl (C=O) groups excluding carboxylic acids is 2. The fourth-order valence-electron chi connectivity index (χ4n) is 7.25. The molecule has 4 bridgehead atoms. The zero-order valence-corrected chi connectivity index (χ0v) is 18.4. The van der Waals surface area contributed by atoms with Gasteiger partial charge in [0, 0.05) is 26.2 Å². The summed E-state index contributed by atoms with van der Waals surface area (Å²) in [6, 6.07) is 8.14. The second-order valence-electron chi connectivity index (χ2n) is 10.5. The Hall–Kier alpha value is -2.04. The van der Waals surface area contributed by atoms with E-state index in [2.05, 4.69) is 29.3 Å². The number of rotatable bonds is 3. The highest BCUT2D eigenvalue weighted by Crippen LogP contribution is 2.60. The second-order valence-corrected chi connectivity index (χ2v) is 10.5. The van der Waals surface area contributed by atoms with Crippen LogP contribution in [0, 0.1) is 30.1 Å². The molecule has 5 aliphatic rings. The molecule has 5 fully saturated rings. The maximum absolute atomic E-state index is 13.5. The Bertz CT molecular complexity index is 792. The molecule has 1 aliphatic heterocycles. The zero-order valence-electron chi connectivity index (χ0n) is 18.4. The molecule has 0 radical (unpaired) electrons. The topological polar surface area (TPSA) is 52.7 Å². The quantitative estimate of drug-likeness (QED) is 0.816. The van der Waals surface area contributed by atoms with Crippen LogP contribution in [0.2, 0.25) is 0 Å². The van der Waals surface area contributed by atoms with Gasteiger partial charge in [0.25, 0.3) is 0 Å². The van der Waals surface area contributed by atoms with Gasteiger partial charge in [0.15, 0.2) is 0 Å². The number of benzene rings is 1. The van der Waals surface area contributed by atoms with E-state index in [4.69, 9.17) is 0 Å². The standard InChI is InChI=1S/C25H35N3O2/c1-17-5-3-4-6-22(17)18(2)26-24(30)28-9-7-27(8-10-28)23(29)25-14-19-11-20(15-25)13-21(12-19)16-25/h3-6,18-21H,7-16H2,1-2H3,(H,26,30). The monoisotopic (exact) mass is 409 g/mol. The third kappa shape index (κ3) is 3.50. The lowest BCUT2D eigenvalue weighted by molar-refractivity contribution is -0.159. The molecule has 0 spiro atoms. The number of urea groups is 1. The maximum atomic E-state index is 13.5. The van der Waals surface area contributed by atoms with E-state index >= 15 is 0 Å². The number of carbonyl (C=O) groups is 2. The SMILES string of the molecule is Cc1ccccc1C(C)NC(=O)N1CCN(C(=O)C23CC4CC(CC(C4)C2)C3)CC1. The first-order valence-corrected chi connectivity index (χ1v) is 11.8. The van der Waals surface area contributed by atoms with Crippen molar-refractivity contribution in [2.24, 2.45) is 23.2 Å². The predicted octanol–water partition coefficient (Wildman–Crippen LogP) is 4.13. The van der Waals surface area contributed by atoms with Crippen LogP contribution in [0.3, 0.4) is 0 Å². The van der Waals surface area contributed by atoms with Gasteiger partial charge in [-0.15, -0.1) is 0 Å². The first-order chi connectivity index (χ1) is 14.4. The zero-order chi connectivity index (χ0) is 20.9. The maximum Gasteiger partial charge on any atom is 0.317 e. The van der Waals surface area contributed by atoms with Gasteiger partial charge >= 0.3 is 6.03 Å². The molecule has 30 heavy (non-hydrogen) atoms. The van der Waals surface area contributed by atoms with Crippen molar-refractivity contribution in [2.75, 3.05) is 26.2 Å². The fourth-order valence-corrected chi connectivity index (χ4v) is 7.25. The molecule has 1 N–H and O–H groups in total. The summed E-state index contributed by atoms with van der Waals surface area (Å²) in [4.78, 5) is 30.3. The highest BCUT2D eigenvalue weighted by atomic mass is 16.2. The minimum atomic E-state index is -0.0709. The van der Waals surface area contributed by atoms with Gasteiger partial charge in [0.2, 0.25) is 5.91 Å². The van der Waals surface area contributed by atoms with E-state index < -0.39 is 0 Å². The Labute approximate surface area is 180 Å². The van der Waals surface area contributed by atoms with E-state index in [1.807, 2.05) is 24.0 Å². The summed E-state index contributed by atoms with van der Waals surface area (Å²) in [5.74, 6) is 2.76. The van der Waals surface area contributed by atoms with Crippen molar-refractivity contribution >= 4 is 11.9 Å². The van der Waals surface area contributed by atoms with Crippen molar-refractivity contribution in [1.29, 1.82) is 0 Å². The van der Waals surface area contributed by atoms with Gasteiger partial charge in [0.1, 0.15) is 0 Å². The van der Waals surface area contributed by atoms with Crippen LogP contribution in [0.1, 0.15) is 62.6 Å². The summed E-state index contributed by atoms with van der Waals surface area (Å²) in [5.41, 5.74) is 2.27. The molecule has 6 rings (SSSR count). The largest absolute Gasteiger partial charge is 0.339 e. The Morgan fingerprint density at radius 3 is 2.03 bits per heavy atom. The highest BCUT2D eigenvalue weighted by Gasteiger charge is 2.55. The molecule has 5 nitrogen and oxygen atoms in total. The van der Waals surface area contributed by atoms with Gasteiger partial charge < -0.3 is 15.1 Å². The number of hydrogen-bond donors (Lipinski definition) is 1. The number of aryl methyl sites for hydroxylation is 1. The molecule has 4 saturated carbocycles. The van der Waals surface area contributed by atoms with Crippen LogP contribution in [-0.2, 0) is 4.79 Å². The first-order valence-electron chi connectivity index (χ1n) is 11.8. The average Bonchev–Trinajstić information content (AvgIpc) is 2.72. The highest BCUT2D eigenvalue weighted by molar-refractivity contribution is 5.84. The molecule has 1 aromatic rings. The van der Waals surface area contributed by atoms with E-state index in [1.165, 1.54) is 24.8 Å². The molecule has 162 valence electrons. The predicted molar refractivity (Wildman–Crippen MR) is 117 cm³/mol. The van der Waals surface area contributed by atoms with Crippen LogP contribution < -0.4 is 5.32 Å². The van der Waals surface area contributed by atoms with Crippen LogP contribution >= 0.6 is 0 Å². The summed E-state index contributed by atoms with van der Waals surface area (Å²) in [7, 11) is 0. The minimum absolute atomic E-state index is 0.0207. The minimum Gasteiger partial charge on any atom is -0.339 e. The van der Waals surface area contributed by atoms with Crippen molar-refractivity contribution in [3.05, 3.63) is 35.4 Å². The second kappa shape index (κ2) is 7.58. The molecular formula is C25H35N3O2. The molecule has 1 saturated heterocycles. The third-order valence-electron chi connectivity index (χ3n) is 8.34. The van der Waals surface area contributed by atoms with E-state index in [0.717, 1.165) is 42.6 Å². The van der Waals surface area contributed by atoms with Crippen molar-refractivity contribution in [3.8, 4) is 0 Å². The van der Waals surface area contributed by atoms with Gasteiger partial charge in [-0.2, -0.15) is 0 Å². The molecule has 1 aromatic carbocycles. The molecule has 1 heterocycles. The molecular weight excluding hydrogens is 374 g/mol. The van der Waals surface area contributed by atoms with Gasteiger partial charge in [-0.1, -0.05) is 24.3 Å². The van der Waals surface area contributed by atoms with Crippen LogP contribution in [-0.4, -0.2) is 47.9 Å². The Morgan fingerprint density at radius 1 is 0.933 bits per heavy atom. The van der Waals surface area contributed by atoms with Crippen LogP contribution in [0.5, 0.6) is 0 Å². The van der Waals surface area contributed by atoms with Crippen LogP contribution in [0.15, 0.2) is 24.3 Å². The van der Waals surface area contributed by atoms with Crippen molar-refractivity contribution in [3.63, 3.8) is 0 Å². The molecule has 3 amide bonds. The lowest BCUT2D eigenvalue weighted by Crippen LogP contribution is -2.59. The summed E-state index contributed by atoms with van der Waals surface area (Å²) < 4.78 is 0. The number of nitrogens with one attached hydrogen (secondary N) is 1. The van der Waals surface area contributed by atoms with Gasteiger partial charge in [0.05, 0.1) is 11.5 Å². The van der Waals surface area contributed by atoms with Gasteiger partial charge in [-0.25, -0.2) is 4.79 Å². The Balaban J connectivity index is 1.17. The molecule has 4 aliphatic carbocycles. The van der Waals surface area contributed by atoms with E-state index in [0.29, 0.717) is 32.1 Å². The fraction of sp³-hybridized carbons (Fsp3) is 0.680. The summed E-state index contributed by atoms with van der Waals surface area (Å²) in [5, 5.41) is 3.14. The van der Waals surface area contributed by atoms with Gasteiger partial charge in [-0.3, -0.25) is 4.79 Å². The van der Waals surface area contributed by atoms with Crippen LogP contribution in [0.4, 0.5) is 4.79 Å². The summed E-state index contributed by atoms with van der Waals surface area (Å²) in [6.07, 6.45) is 7.43. The molecule has 1 atom stereocenters. The van der Waals surface area contributed by atoms with Crippen molar-refractivity contribution in [2.45, 2.75) is 58.4 Å². The average molecular weight is 410 g/mol. The molecule has 0 aromatic heterocycles. The van der Waals surface area contributed by atoms with Crippen molar-refractivity contribution < 1.29 is 9.59 Å². The smallest absolute Gasteiger partial charge is 0.317 e. The Kier molecular flexibility index (Phi) is 5.03.